The smallest absolute Gasteiger partial charge is 0.242 e. The van der Waals surface area contributed by atoms with Crippen LogP contribution in [0.4, 0.5) is 0 Å². The molecular formula is C14H24N2O2S2. The predicted octanol–water partition coefficient (Wildman–Crippen LogP) is 2.66. The van der Waals surface area contributed by atoms with Crippen LogP contribution in [0.1, 0.15) is 47.0 Å². The van der Waals surface area contributed by atoms with E-state index in [-0.39, 0.29) is 29.5 Å². The summed E-state index contributed by atoms with van der Waals surface area (Å²) in [5, 5.41) is -0.339. The van der Waals surface area contributed by atoms with Crippen LogP contribution in [0.15, 0.2) is 0 Å². The monoisotopic (exact) mass is 316 g/mol. The van der Waals surface area contributed by atoms with Crippen molar-refractivity contribution in [2.75, 3.05) is 13.1 Å². The number of thiocarbonyl (C=S) groups is 1. The molecule has 0 saturated carbocycles. The molecule has 1 saturated heterocycles. The molecule has 0 aliphatic carbocycles. The molecule has 1 atom stereocenters. The summed E-state index contributed by atoms with van der Waals surface area (Å²) in [6, 6.07) is 0.0602. The molecule has 2 amide bonds. The quantitative estimate of drug-likeness (QED) is 0.677. The minimum Gasteiger partial charge on any atom is -0.343 e. The average Bonchev–Trinajstić information content (AvgIpc) is 2.64. The first-order valence-corrected chi connectivity index (χ1v) is 8.52. The summed E-state index contributed by atoms with van der Waals surface area (Å²) in [4.78, 5) is 28.1. The van der Waals surface area contributed by atoms with Crippen LogP contribution in [0.2, 0.25) is 0 Å². The Hall–Kier alpha value is -0.620. The molecule has 0 aromatic rings. The van der Waals surface area contributed by atoms with Gasteiger partial charge in [-0.05, 0) is 26.7 Å². The normalized spacial score (nSPS) is 19.1. The fourth-order valence-corrected chi connectivity index (χ4v) is 4.00. The van der Waals surface area contributed by atoms with E-state index in [0.29, 0.717) is 4.32 Å². The zero-order valence-electron chi connectivity index (χ0n) is 12.7. The topological polar surface area (TPSA) is 40.6 Å². The van der Waals surface area contributed by atoms with E-state index in [0.717, 1.165) is 25.9 Å². The number of carbonyl (C=O) groups excluding carboxylic acids is 2. The molecule has 0 aromatic carbocycles. The second-order valence-electron chi connectivity index (χ2n) is 5.26. The fourth-order valence-electron chi connectivity index (χ4n) is 2.26. The van der Waals surface area contributed by atoms with Gasteiger partial charge in [-0.1, -0.05) is 37.8 Å². The van der Waals surface area contributed by atoms with E-state index in [1.807, 2.05) is 18.7 Å². The molecule has 0 aromatic heterocycles. The van der Waals surface area contributed by atoms with Gasteiger partial charge in [-0.15, -0.1) is 0 Å². The van der Waals surface area contributed by atoms with E-state index >= 15 is 0 Å². The van der Waals surface area contributed by atoms with Gasteiger partial charge in [-0.2, -0.15) is 0 Å². The highest BCUT2D eigenvalue weighted by atomic mass is 32.2. The van der Waals surface area contributed by atoms with Crippen LogP contribution in [-0.2, 0) is 9.59 Å². The molecular weight excluding hydrogens is 292 g/mol. The molecule has 20 heavy (non-hydrogen) atoms. The standard InChI is InChI=1S/C14H24N2O2S2/c1-5-7-15(8-6-2)12(17)9-11-13(18)16(10(3)4)14(19)20-11/h10-11H,5-9H2,1-4H3. The highest BCUT2D eigenvalue weighted by Crippen LogP contribution is 2.31. The van der Waals surface area contributed by atoms with Crippen LogP contribution < -0.4 is 0 Å². The summed E-state index contributed by atoms with van der Waals surface area (Å²) in [6.07, 6.45) is 2.13. The molecule has 6 heteroatoms. The first-order chi connectivity index (χ1) is 9.42. The molecule has 1 aliphatic rings. The Kier molecular flexibility index (Phi) is 6.95. The van der Waals surface area contributed by atoms with Gasteiger partial charge in [0.1, 0.15) is 4.32 Å². The Morgan fingerprint density at radius 2 is 1.90 bits per heavy atom. The number of amides is 2. The average molecular weight is 316 g/mol. The summed E-state index contributed by atoms with van der Waals surface area (Å²) in [5.74, 6) is 0.0456. The minimum absolute atomic E-state index is 0.0173. The van der Waals surface area contributed by atoms with E-state index < -0.39 is 0 Å². The van der Waals surface area contributed by atoms with Crippen molar-refractivity contribution in [1.29, 1.82) is 0 Å². The molecule has 0 spiro atoms. The number of rotatable bonds is 7. The van der Waals surface area contributed by atoms with Crippen LogP contribution in [0.25, 0.3) is 0 Å². The lowest BCUT2D eigenvalue weighted by Crippen LogP contribution is -2.39. The van der Waals surface area contributed by atoms with Crippen molar-refractivity contribution in [2.24, 2.45) is 0 Å². The number of carbonyl (C=O) groups is 2. The van der Waals surface area contributed by atoms with Gasteiger partial charge >= 0.3 is 0 Å². The Labute approximate surface area is 131 Å². The van der Waals surface area contributed by atoms with Gasteiger partial charge < -0.3 is 4.90 Å². The molecule has 0 radical (unpaired) electrons. The van der Waals surface area contributed by atoms with E-state index in [4.69, 9.17) is 12.2 Å². The number of thioether (sulfide) groups is 1. The van der Waals surface area contributed by atoms with Crippen LogP contribution in [0.5, 0.6) is 0 Å². The largest absolute Gasteiger partial charge is 0.343 e. The summed E-state index contributed by atoms with van der Waals surface area (Å²) >= 11 is 6.59. The molecule has 1 unspecified atom stereocenters. The van der Waals surface area contributed by atoms with Crippen molar-refractivity contribution >= 4 is 40.1 Å². The molecule has 114 valence electrons. The van der Waals surface area contributed by atoms with Crippen molar-refractivity contribution in [1.82, 2.24) is 9.80 Å². The molecule has 0 bridgehead atoms. The lowest BCUT2D eigenvalue weighted by atomic mass is 10.2. The van der Waals surface area contributed by atoms with Crippen molar-refractivity contribution < 1.29 is 9.59 Å². The molecule has 1 aliphatic heterocycles. The number of hydrogen-bond acceptors (Lipinski definition) is 4. The zero-order chi connectivity index (χ0) is 15.3. The predicted molar refractivity (Wildman–Crippen MR) is 87.7 cm³/mol. The molecule has 1 fully saturated rings. The van der Waals surface area contributed by atoms with Crippen LogP contribution in [0, 0.1) is 0 Å². The second kappa shape index (κ2) is 7.98. The fraction of sp³-hybridized carbons (Fsp3) is 0.786. The Bertz CT molecular complexity index is 379. The van der Waals surface area contributed by atoms with Gasteiger partial charge in [0.25, 0.3) is 0 Å². The SMILES string of the molecule is CCCN(CCC)C(=O)CC1SC(=S)N(C(C)C)C1=O. The summed E-state index contributed by atoms with van der Waals surface area (Å²) < 4.78 is 0.598. The van der Waals surface area contributed by atoms with E-state index in [1.165, 1.54) is 11.8 Å². The second-order valence-corrected chi connectivity index (χ2v) is 7.10. The maximum Gasteiger partial charge on any atom is 0.242 e. The zero-order valence-corrected chi connectivity index (χ0v) is 14.4. The third kappa shape index (κ3) is 4.19. The van der Waals surface area contributed by atoms with Crippen molar-refractivity contribution in [3.05, 3.63) is 0 Å². The van der Waals surface area contributed by atoms with Crippen LogP contribution in [0.3, 0.4) is 0 Å². The molecule has 4 nitrogen and oxygen atoms in total. The molecule has 1 heterocycles. The Balaban J connectivity index is 2.66. The minimum atomic E-state index is -0.339. The lowest BCUT2D eigenvalue weighted by Gasteiger charge is -2.23. The summed E-state index contributed by atoms with van der Waals surface area (Å²) in [6.45, 7) is 9.51. The van der Waals surface area contributed by atoms with Gasteiger partial charge in [0.15, 0.2) is 0 Å². The van der Waals surface area contributed by atoms with E-state index in [9.17, 15) is 9.59 Å². The van der Waals surface area contributed by atoms with Gasteiger partial charge in [0.2, 0.25) is 11.8 Å². The van der Waals surface area contributed by atoms with Gasteiger partial charge in [0.05, 0.1) is 5.25 Å². The lowest BCUT2D eigenvalue weighted by molar-refractivity contribution is -0.135. The summed E-state index contributed by atoms with van der Waals surface area (Å²) in [7, 11) is 0. The van der Waals surface area contributed by atoms with Crippen molar-refractivity contribution in [2.45, 2.75) is 58.2 Å². The van der Waals surface area contributed by atoms with Gasteiger partial charge in [0, 0.05) is 25.6 Å². The highest BCUT2D eigenvalue weighted by molar-refractivity contribution is 8.24. The maximum absolute atomic E-state index is 12.3. The van der Waals surface area contributed by atoms with Gasteiger partial charge in [-0.3, -0.25) is 14.5 Å². The summed E-state index contributed by atoms with van der Waals surface area (Å²) in [5.41, 5.74) is 0. The van der Waals surface area contributed by atoms with Crippen molar-refractivity contribution in [3.8, 4) is 0 Å². The first kappa shape index (κ1) is 17.4. The number of nitrogens with zero attached hydrogens (tertiary/aromatic N) is 2. The Morgan fingerprint density at radius 3 is 2.30 bits per heavy atom. The van der Waals surface area contributed by atoms with Gasteiger partial charge in [-0.25, -0.2) is 0 Å². The molecule has 0 N–H and O–H groups in total. The third-order valence-corrected chi connectivity index (χ3v) is 4.71. The first-order valence-electron chi connectivity index (χ1n) is 7.23. The van der Waals surface area contributed by atoms with Crippen molar-refractivity contribution in [3.63, 3.8) is 0 Å². The van der Waals surface area contributed by atoms with E-state index in [2.05, 4.69) is 13.8 Å². The van der Waals surface area contributed by atoms with Crippen LogP contribution >= 0.6 is 24.0 Å². The van der Waals surface area contributed by atoms with Crippen LogP contribution in [-0.4, -0.2) is 50.3 Å². The number of hydrogen-bond donors (Lipinski definition) is 0. The Morgan fingerprint density at radius 1 is 1.35 bits per heavy atom. The maximum atomic E-state index is 12.3. The molecule has 1 rings (SSSR count). The highest BCUT2D eigenvalue weighted by Gasteiger charge is 2.39. The van der Waals surface area contributed by atoms with E-state index in [1.54, 1.807) is 4.90 Å². The third-order valence-electron chi connectivity index (χ3n) is 3.17.